The summed E-state index contributed by atoms with van der Waals surface area (Å²) in [6.45, 7) is -1.09. The van der Waals surface area contributed by atoms with Gasteiger partial charge in [-0.25, -0.2) is 4.79 Å². The molecule has 0 saturated carbocycles. The molecule has 2 rings (SSSR count). The average Bonchev–Trinajstić information content (AvgIpc) is 3.27. The van der Waals surface area contributed by atoms with Crippen LogP contribution in [0.1, 0.15) is 45.4 Å². The maximum absolute atomic E-state index is 12.1. The lowest BCUT2D eigenvalue weighted by Crippen LogP contribution is -2.64. The molecule has 0 aromatic rings. The predicted molar refractivity (Wildman–Crippen MR) is 171 cm³/mol. The number of aliphatic hydroxyl groups excluding tert-OH is 3. The van der Waals surface area contributed by atoms with Crippen LogP contribution in [-0.4, -0.2) is 136 Å². The van der Waals surface area contributed by atoms with Crippen molar-refractivity contribution in [1.29, 1.82) is 0 Å². The van der Waals surface area contributed by atoms with Crippen molar-refractivity contribution in [3.63, 3.8) is 0 Å². The standard InChI is InChI=1S/C27H51BN3O12PS/c1-17(33)31-21-23(35)22(34)19(15-32)42-26(21)40-14-10-9-13-30-27(36)29-12-8-6-4-5-7-11-18-24(43-44(37,45)39-3)20(16-38-2)41-25(18)28/h5,7,18-26,32,34-35H,4,6,8-16,28H2,1-3H3,(H,31,33)(H,37,45)(H2,29,30,36)/b7-5+/t18-,19+,20+,21+,22-,23+,24?,25+,26+,44?/m0/s1. The average molecular weight is 684 g/mol. The zero-order valence-electron chi connectivity index (χ0n) is 26.5. The highest BCUT2D eigenvalue weighted by atomic mass is 32.5. The zero-order chi connectivity index (χ0) is 33.4. The third-order valence-corrected chi connectivity index (χ3v) is 9.32. The molecule has 3 amide bonds. The molecule has 0 aliphatic carbocycles. The Kier molecular flexibility index (Phi) is 18.6. The highest BCUT2D eigenvalue weighted by Gasteiger charge is 2.46. The van der Waals surface area contributed by atoms with Crippen molar-refractivity contribution in [2.75, 3.05) is 47.1 Å². The number of hydrogen-bond acceptors (Lipinski definition) is 12. The fourth-order valence-electron chi connectivity index (χ4n) is 5.23. The lowest BCUT2D eigenvalue weighted by Gasteiger charge is -2.42. The quantitative estimate of drug-likeness (QED) is 0.0357. The SMILES string of the molecule is B[C@@H]1O[C@H](COC)C(OP(O)(=S)OC)[C@@H]1C/C=C/CCCCNC(=O)NCCCCO[C@@H]1O[C@H](CO)[C@H](O)[C@H](O)[C@H]1NC(C)=O. The molecule has 2 aliphatic heterocycles. The van der Waals surface area contributed by atoms with E-state index < -0.39 is 56.0 Å². The summed E-state index contributed by atoms with van der Waals surface area (Å²) in [5.41, 5.74) is 0. The zero-order valence-corrected chi connectivity index (χ0v) is 28.3. The third kappa shape index (κ3) is 13.8. The summed E-state index contributed by atoms with van der Waals surface area (Å²) in [5.74, 6) is -0.430. The van der Waals surface area contributed by atoms with Gasteiger partial charge in [0.15, 0.2) is 6.29 Å². The predicted octanol–water partition coefficient (Wildman–Crippen LogP) is -0.988. The molecule has 45 heavy (non-hydrogen) atoms. The molecule has 2 heterocycles. The molecular weight excluding hydrogens is 632 g/mol. The summed E-state index contributed by atoms with van der Waals surface area (Å²) in [7, 11) is 4.87. The van der Waals surface area contributed by atoms with Crippen molar-refractivity contribution < 1.29 is 57.8 Å². The number of aliphatic hydroxyl groups is 3. The van der Waals surface area contributed by atoms with Gasteiger partial charge >= 0.3 is 12.7 Å². The van der Waals surface area contributed by atoms with Crippen LogP contribution in [0.15, 0.2) is 12.2 Å². The number of hydrogen-bond donors (Lipinski definition) is 7. The molecule has 2 fully saturated rings. The topological polar surface area (TPSA) is 207 Å². The van der Waals surface area contributed by atoms with Crippen LogP contribution in [0.4, 0.5) is 4.79 Å². The first-order chi connectivity index (χ1) is 21.4. The first kappa shape index (κ1) is 40.0. The van der Waals surface area contributed by atoms with E-state index in [0.29, 0.717) is 39.0 Å². The lowest BCUT2D eigenvalue weighted by molar-refractivity contribution is -0.270. The summed E-state index contributed by atoms with van der Waals surface area (Å²) >= 11 is 5.05. The van der Waals surface area contributed by atoms with E-state index in [-0.39, 0.29) is 30.7 Å². The van der Waals surface area contributed by atoms with Gasteiger partial charge in [0.05, 0.1) is 13.2 Å². The lowest BCUT2D eigenvalue weighted by atomic mass is 9.82. The van der Waals surface area contributed by atoms with E-state index in [1.807, 2.05) is 7.85 Å². The number of unbranched alkanes of at least 4 members (excludes halogenated alkanes) is 3. The summed E-state index contributed by atoms with van der Waals surface area (Å²) < 4.78 is 33.1. The fourth-order valence-corrected chi connectivity index (χ4v) is 6.21. The van der Waals surface area contributed by atoms with Crippen LogP contribution in [-0.2, 0) is 44.6 Å². The first-order valence-corrected chi connectivity index (χ1v) is 17.9. The number of ether oxygens (including phenoxy) is 4. The van der Waals surface area contributed by atoms with Crippen LogP contribution in [0.3, 0.4) is 0 Å². The molecule has 0 spiro atoms. The molecule has 0 radical (unpaired) electrons. The third-order valence-electron chi connectivity index (χ3n) is 7.64. The number of nitrogens with one attached hydrogen (secondary N) is 3. The Bertz CT molecular complexity index is 972. The summed E-state index contributed by atoms with van der Waals surface area (Å²) in [6.07, 6.45) is 3.00. The molecule has 2 unspecified atom stereocenters. The van der Waals surface area contributed by atoms with E-state index >= 15 is 0 Å². The van der Waals surface area contributed by atoms with Gasteiger partial charge in [0, 0.05) is 52.8 Å². The second-order valence-corrected chi connectivity index (χ2v) is 14.0. The summed E-state index contributed by atoms with van der Waals surface area (Å²) in [6, 6.07) is -1.34. The number of carbonyl (C=O) groups excluding carboxylic acids is 2. The molecule has 0 bridgehead atoms. The Hall–Kier alpha value is -1.21. The van der Waals surface area contributed by atoms with Crippen molar-refractivity contribution in [3.8, 4) is 0 Å². The van der Waals surface area contributed by atoms with Crippen LogP contribution in [0, 0.1) is 5.92 Å². The molecule has 2 aliphatic rings. The van der Waals surface area contributed by atoms with Crippen molar-refractivity contribution in [2.24, 2.45) is 5.92 Å². The van der Waals surface area contributed by atoms with E-state index in [1.54, 1.807) is 7.11 Å². The van der Waals surface area contributed by atoms with Gasteiger partial charge in [-0.3, -0.25) is 4.79 Å². The van der Waals surface area contributed by atoms with E-state index in [2.05, 4.69) is 28.1 Å². The van der Waals surface area contributed by atoms with Gasteiger partial charge in [0.1, 0.15) is 44.4 Å². The number of allylic oxidation sites excluding steroid dienone is 2. The van der Waals surface area contributed by atoms with Crippen LogP contribution in [0.2, 0.25) is 0 Å². The highest BCUT2D eigenvalue weighted by Crippen LogP contribution is 2.48. The first-order valence-electron chi connectivity index (χ1n) is 15.3. The van der Waals surface area contributed by atoms with Crippen LogP contribution < -0.4 is 16.0 Å². The fraction of sp³-hybridized carbons (Fsp3) is 0.852. The van der Waals surface area contributed by atoms with Gasteiger partial charge in [-0.05, 0) is 50.3 Å². The monoisotopic (exact) mass is 683 g/mol. The molecule has 10 atom stereocenters. The second kappa shape index (κ2) is 20.9. The van der Waals surface area contributed by atoms with Crippen LogP contribution >= 0.6 is 6.72 Å². The number of urea groups is 1. The van der Waals surface area contributed by atoms with E-state index in [0.717, 1.165) is 19.3 Å². The van der Waals surface area contributed by atoms with Crippen LogP contribution in [0.25, 0.3) is 0 Å². The van der Waals surface area contributed by atoms with Gasteiger partial charge in [0.2, 0.25) is 5.91 Å². The smallest absolute Gasteiger partial charge is 0.324 e. The van der Waals surface area contributed by atoms with E-state index in [1.165, 1.54) is 14.0 Å². The Morgan fingerprint density at radius 3 is 2.33 bits per heavy atom. The summed E-state index contributed by atoms with van der Waals surface area (Å²) in [4.78, 5) is 33.7. The maximum atomic E-state index is 12.1. The van der Waals surface area contributed by atoms with Gasteiger partial charge in [-0.2, -0.15) is 0 Å². The molecule has 0 aromatic carbocycles. The van der Waals surface area contributed by atoms with Crippen molar-refractivity contribution in [3.05, 3.63) is 12.2 Å². The van der Waals surface area contributed by atoms with Gasteiger partial charge in [-0.1, -0.05) is 12.2 Å². The molecule has 260 valence electrons. The van der Waals surface area contributed by atoms with E-state index in [4.69, 9.17) is 39.8 Å². The Labute approximate surface area is 271 Å². The Balaban J connectivity index is 1.58. The van der Waals surface area contributed by atoms with Crippen molar-refractivity contribution in [1.82, 2.24) is 16.0 Å². The molecule has 18 heteroatoms. The minimum Gasteiger partial charge on any atom is -0.394 e. The van der Waals surface area contributed by atoms with Crippen molar-refractivity contribution >= 4 is 38.3 Å². The summed E-state index contributed by atoms with van der Waals surface area (Å²) in [5, 5.41) is 37.9. The molecule has 15 nitrogen and oxygen atoms in total. The minimum absolute atomic E-state index is 0.00950. The van der Waals surface area contributed by atoms with Gasteiger partial charge in [0.25, 0.3) is 0 Å². The Morgan fingerprint density at radius 2 is 1.71 bits per heavy atom. The second-order valence-electron chi connectivity index (χ2n) is 11.1. The number of amides is 3. The molecule has 7 N–H and O–H groups in total. The molecule has 2 saturated heterocycles. The highest BCUT2D eigenvalue weighted by molar-refractivity contribution is 8.07. The maximum Gasteiger partial charge on any atom is 0.324 e. The molecule has 0 aromatic heterocycles. The van der Waals surface area contributed by atoms with Crippen molar-refractivity contribution in [2.45, 2.75) is 94.3 Å². The van der Waals surface area contributed by atoms with Gasteiger partial charge in [-0.15, -0.1) is 0 Å². The largest absolute Gasteiger partial charge is 0.394 e. The number of rotatable bonds is 20. The van der Waals surface area contributed by atoms with Crippen LogP contribution in [0.5, 0.6) is 0 Å². The number of methoxy groups -OCH3 is 1. The van der Waals surface area contributed by atoms with Gasteiger partial charge < -0.3 is 64.2 Å². The normalized spacial score (nSPS) is 31.5. The molecular formula is C27H51BN3O12PS. The van der Waals surface area contributed by atoms with E-state index in [9.17, 15) is 29.8 Å². The number of carbonyl (C=O) groups is 2. The minimum atomic E-state index is -3.35. The Morgan fingerprint density at radius 1 is 1.02 bits per heavy atom.